The number of aliphatic hydroxyl groups is 1. The summed E-state index contributed by atoms with van der Waals surface area (Å²) in [5.74, 6) is 0. The summed E-state index contributed by atoms with van der Waals surface area (Å²) in [6, 6.07) is 8.33. The Morgan fingerprint density at radius 1 is 1.28 bits per heavy atom. The van der Waals surface area contributed by atoms with Gasteiger partial charge in [0.15, 0.2) is 0 Å². The quantitative estimate of drug-likeness (QED) is 0.776. The van der Waals surface area contributed by atoms with Crippen LogP contribution in [-0.4, -0.2) is 22.7 Å². The Bertz CT molecular complexity index is 510. The van der Waals surface area contributed by atoms with Crippen molar-refractivity contribution >= 4 is 10.9 Å². The van der Waals surface area contributed by atoms with E-state index in [9.17, 15) is 5.11 Å². The number of rotatable bonds is 4. The maximum atomic E-state index is 9.97. The molecule has 0 spiro atoms. The molecule has 3 nitrogen and oxygen atoms in total. The molecule has 3 N–H and O–H groups in total. The van der Waals surface area contributed by atoms with Crippen LogP contribution in [0.15, 0.2) is 30.5 Å². The van der Waals surface area contributed by atoms with Crippen LogP contribution in [0.2, 0.25) is 0 Å². The molecule has 1 aromatic carbocycles. The average molecular weight is 246 g/mol. The van der Waals surface area contributed by atoms with Crippen LogP contribution < -0.4 is 5.32 Å². The highest BCUT2D eigenvalue weighted by Crippen LogP contribution is 2.19. The lowest BCUT2D eigenvalue weighted by Crippen LogP contribution is -2.36. The van der Waals surface area contributed by atoms with Crippen molar-refractivity contribution in [1.29, 1.82) is 0 Å². The van der Waals surface area contributed by atoms with Gasteiger partial charge in [-0.25, -0.2) is 0 Å². The van der Waals surface area contributed by atoms with E-state index in [4.69, 9.17) is 0 Å². The summed E-state index contributed by atoms with van der Waals surface area (Å²) in [5, 5.41) is 14.5. The maximum absolute atomic E-state index is 9.97. The van der Waals surface area contributed by atoms with Crippen LogP contribution in [0.5, 0.6) is 0 Å². The van der Waals surface area contributed by atoms with Gasteiger partial charge in [-0.05, 0) is 23.1 Å². The van der Waals surface area contributed by atoms with Gasteiger partial charge in [0.2, 0.25) is 0 Å². The predicted molar refractivity (Wildman–Crippen MR) is 75.5 cm³/mol. The summed E-state index contributed by atoms with van der Waals surface area (Å²) in [7, 11) is 0. The van der Waals surface area contributed by atoms with Gasteiger partial charge in [-0.1, -0.05) is 32.9 Å². The second kappa shape index (κ2) is 5.12. The van der Waals surface area contributed by atoms with Gasteiger partial charge in [0.05, 0.1) is 6.10 Å². The third-order valence-corrected chi connectivity index (χ3v) is 3.34. The van der Waals surface area contributed by atoms with Crippen LogP contribution in [0, 0.1) is 5.41 Å². The first-order valence-electron chi connectivity index (χ1n) is 6.42. The Hall–Kier alpha value is -1.32. The molecule has 98 valence electrons. The molecule has 1 heterocycles. The fraction of sp³-hybridized carbons (Fsp3) is 0.467. The number of benzene rings is 1. The Morgan fingerprint density at radius 3 is 2.78 bits per heavy atom. The van der Waals surface area contributed by atoms with Crippen LogP contribution >= 0.6 is 0 Å². The minimum absolute atomic E-state index is 0.0763. The van der Waals surface area contributed by atoms with Crippen LogP contribution in [0.25, 0.3) is 10.9 Å². The van der Waals surface area contributed by atoms with Crippen molar-refractivity contribution in [3.05, 3.63) is 36.0 Å². The zero-order valence-corrected chi connectivity index (χ0v) is 11.3. The molecular weight excluding hydrogens is 224 g/mol. The summed E-state index contributed by atoms with van der Waals surface area (Å²) in [6.07, 6.45) is 1.63. The molecule has 0 aliphatic rings. The van der Waals surface area contributed by atoms with E-state index in [1.807, 2.05) is 27.0 Å². The average Bonchev–Trinajstić information content (AvgIpc) is 2.76. The number of nitrogens with one attached hydrogen (secondary N) is 2. The normalized spacial score (nSPS) is 14.0. The molecule has 0 aliphatic heterocycles. The van der Waals surface area contributed by atoms with E-state index >= 15 is 0 Å². The molecule has 0 saturated heterocycles. The summed E-state index contributed by atoms with van der Waals surface area (Å²) in [5.41, 5.74) is 2.34. The van der Waals surface area contributed by atoms with E-state index in [2.05, 4.69) is 34.6 Å². The van der Waals surface area contributed by atoms with Gasteiger partial charge in [0, 0.05) is 30.2 Å². The Labute approximate surface area is 108 Å². The van der Waals surface area contributed by atoms with Crippen LogP contribution in [-0.2, 0) is 6.54 Å². The molecule has 3 heteroatoms. The van der Waals surface area contributed by atoms with Crippen molar-refractivity contribution in [2.24, 2.45) is 5.41 Å². The van der Waals surface area contributed by atoms with Gasteiger partial charge in [0.25, 0.3) is 0 Å². The third-order valence-electron chi connectivity index (χ3n) is 3.34. The SMILES string of the molecule is CC(C)(C)C(O)CNCc1cccc2[nH]ccc12. The summed E-state index contributed by atoms with van der Waals surface area (Å²) >= 11 is 0. The molecular formula is C15H22N2O. The first-order valence-corrected chi connectivity index (χ1v) is 6.42. The number of aromatic nitrogens is 1. The van der Waals surface area contributed by atoms with Crippen LogP contribution in [0.4, 0.5) is 0 Å². The Morgan fingerprint density at radius 2 is 2.06 bits per heavy atom. The number of hydrogen-bond donors (Lipinski definition) is 3. The first-order chi connectivity index (χ1) is 8.48. The third kappa shape index (κ3) is 2.92. The molecule has 0 saturated carbocycles. The van der Waals surface area contributed by atoms with Crippen LogP contribution in [0.3, 0.4) is 0 Å². The predicted octanol–water partition coefficient (Wildman–Crippen LogP) is 2.66. The van der Waals surface area contributed by atoms with Gasteiger partial charge in [-0.15, -0.1) is 0 Å². The largest absolute Gasteiger partial charge is 0.391 e. The van der Waals surface area contributed by atoms with Crippen molar-refractivity contribution < 1.29 is 5.11 Å². The number of hydrogen-bond acceptors (Lipinski definition) is 2. The standard InChI is InChI=1S/C15H22N2O/c1-15(2,3)14(18)10-16-9-11-5-4-6-13-12(11)7-8-17-13/h4-8,14,16-18H,9-10H2,1-3H3. The van der Waals surface area contributed by atoms with E-state index in [0.717, 1.165) is 12.1 Å². The molecule has 0 bridgehead atoms. The van der Waals surface area contributed by atoms with Gasteiger partial charge in [-0.2, -0.15) is 0 Å². The maximum Gasteiger partial charge on any atom is 0.0712 e. The Kier molecular flexibility index (Phi) is 3.73. The molecule has 1 atom stereocenters. The highest BCUT2D eigenvalue weighted by atomic mass is 16.3. The molecule has 0 aliphatic carbocycles. The Balaban J connectivity index is 1.97. The lowest BCUT2D eigenvalue weighted by molar-refractivity contribution is 0.0628. The molecule has 18 heavy (non-hydrogen) atoms. The van der Waals surface area contributed by atoms with E-state index in [1.54, 1.807) is 0 Å². The van der Waals surface area contributed by atoms with Crippen molar-refractivity contribution in [1.82, 2.24) is 10.3 Å². The van der Waals surface area contributed by atoms with E-state index in [0.29, 0.717) is 6.54 Å². The molecule has 1 unspecified atom stereocenters. The second-order valence-electron chi connectivity index (χ2n) is 5.87. The molecule has 1 aromatic heterocycles. The zero-order valence-electron chi connectivity index (χ0n) is 11.3. The smallest absolute Gasteiger partial charge is 0.0712 e. The molecule has 0 amide bonds. The topological polar surface area (TPSA) is 48.0 Å². The number of fused-ring (bicyclic) bond motifs is 1. The van der Waals surface area contributed by atoms with Gasteiger partial charge < -0.3 is 15.4 Å². The monoisotopic (exact) mass is 246 g/mol. The van der Waals surface area contributed by atoms with E-state index < -0.39 is 0 Å². The fourth-order valence-corrected chi connectivity index (χ4v) is 1.95. The molecule has 2 rings (SSSR count). The lowest BCUT2D eigenvalue weighted by Gasteiger charge is -2.26. The van der Waals surface area contributed by atoms with Gasteiger partial charge in [0.1, 0.15) is 0 Å². The van der Waals surface area contributed by atoms with Gasteiger partial charge >= 0.3 is 0 Å². The van der Waals surface area contributed by atoms with E-state index in [-0.39, 0.29) is 11.5 Å². The van der Waals surface area contributed by atoms with E-state index in [1.165, 1.54) is 10.9 Å². The first kappa shape index (κ1) is 13.1. The highest BCUT2D eigenvalue weighted by Gasteiger charge is 2.21. The lowest BCUT2D eigenvalue weighted by atomic mass is 9.89. The highest BCUT2D eigenvalue weighted by molar-refractivity contribution is 5.82. The van der Waals surface area contributed by atoms with Crippen molar-refractivity contribution in [2.45, 2.75) is 33.4 Å². The molecule has 0 fully saturated rings. The van der Waals surface area contributed by atoms with Crippen molar-refractivity contribution in [3.8, 4) is 0 Å². The molecule has 0 radical (unpaired) electrons. The van der Waals surface area contributed by atoms with Gasteiger partial charge in [-0.3, -0.25) is 0 Å². The number of H-pyrrole nitrogens is 1. The minimum atomic E-state index is -0.331. The zero-order chi connectivity index (χ0) is 13.2. The van der Waals surface area contributed by atoms with Crippen molar-refractivity contribution in [2.75, 3.05) is 6.54 Å². The summed E-state index contributed by atoms with van der Waals surface area (Å²) in [6.45, 7) is 7.54. The van der Waals surface area contributed by atoms with Crippen molar-refractivity contribution in [3.63, 3.8) is 0 Å². The summed E-state index contributed by atoms with van der Waals surface area (Å²) < 4.78 is 0. The second-order valence-corrected chi connectivity index (χ2v) is 5.87. The fourth-order valence-electron chi connectivity index (χ4n) is 1.95. The number of aliphatic hydroxyl groups excluding tert-OH is 1. The minimum Gasteiger partial charge on any atom is -0.391 e. The molecule has 2 aromatic rings. The summed E-state index contributed by atoms with van der Waals surface area (Å²) in [4.78, 5) is 3.21. The number of aromatic amines is 1. The van der Waals surface area contributed by atoms with Crippen LogP contribution in [0.1, 0.15) is 26.3 Å².